The van der Waals surface area contributed by atoms with E-state index in [1.165, 1.54) is 29.7 Å². The zero-order valence-corrected chi connectivity index (χ0v) is 14.8. The summed E-state index contributed by atoms with van der Waals surface area (Å²) < 4.78 is 1.64. The van der Waals surface area contributed by atoms with Crippen LogP contribution < -0.4 is 5.32 Å². The highest BCUT2D eigenvalue weighted by Gasteiger charge is 2.36. The Bertz CT molecular complexity index is 825. The summed E-state index contributed by atoms with van der Waals surface area (Å²) in [5.41, 5.74) is 2.01. The molecule has 0 spiro atoms. The van der Waals surface area contributed by atoms with Crippen LogP contribution in [-0.4, -0.2) is 32.7 Å². The number of aryl methyl sites for hydroxylation is 1. The van der Waals surface area contributed by atoms with Crippen LogP contribution in [0.2, 0.25) is 0 Å². The molecule has 25 heavy (non-hydrogen) atoms. The third-order valence-corrected chi connectivity index (χ3v) is 7.16. The first kappa shape index (κ1) is 15.3. The molecule has 0 saturated heterocycles. The highest BCUT2D eigenvalue weighted by Crippen LogP contribution is 2.43. The molecule has 3 aliphatic carbocycles. The molecule has 0 aliphatic heterocycles. The minimum Gasteiger partial charge on any atom is -0.352 e. The number of hydrogen-bond donors (Lipinski definition) is 1. The summed E-state index contributed by atoms with van der Waals surface area (Å²) in [5, 5.41) is 15.6. The van der Waals surface area contributed by atoms with Gasteiger partial charge in [0.2, 0.25) is 0 Å². The molecule has 2 aromatic rings. The van der Waals surface area contributed by atoms with Crippen LogP contribution in [0.4, 0.5) is 0 Å². The van der Waals surface area contributed by atoms with Crippen LogP contribution in [0.15, 0.2) is 18.5 Å². The number of allylic oxidation sites excluding steroid dienone is 2. The summed E-state index contributed by atoms with van der Waals surface area (Å²) in [6.45, 7) is 0.768. The van der Waals surface area contributed by atoms with Crippen LogP contribution in [0.3, 0.4) is 0 Å². The minimum atomic E-state index is 0.0386. The summed E-state index contributed by atoms with van der Waals surface area (Å²) in [4.78, 5) is 14.4. The van der Waals surface area contributed by atoms with Crippen LogP contribution in [0.25, 0.3) is 5.00 Å². The van der Waals surface area contributed by atoms with Crippen molar-refractivity contribution in [1.82, 2.24) is 25.5 Å². The summed E-state index contributed by atoms with van der Waals surface area (Å²) in [5.74, 6) is 2.01. The van der Waals surface area contributed by atoms with Crippen molar-refractivity contribution in [3.8, 4) is 5.00 Å². The number of thiophene rings is 1. The molecule has 0 radical (unpaired) electrons. The number of hydrogen-bond acceptors (Lipinski definition) is 5. The topological polar surface area (TPSA) is 72.7 Å². The van der Waals surface area contributed by atoms with Crippen molar-refractivity contribution in [3.05, 3.63) is 34.5 Å². The normalized spacial score (nSPS) is 26.8. The molecule has 1 N–H and O–H groups in total. The predicted molar refractivity (Wildman–Crippen MR) is 94.9 cm³/mol. The Morgan fingerprint density at radius 1 is 1.28 bits per heavy atom. The SMILES string of the molecule is O=C(NC[C@H]1C[C@H]2C=C[C@H]1C2)c1c(-n2cnnn2)sc2c1CCCC2. The Balaban J connectivity index is 1.41. The molecule has 6 nitrogen and oxygen atoms in total. The van der Waals surface area contributed by atoms with E-state index in [1.807, 2.05) is 0 Å². The Morgan fingerprint density at radius 2 is 2.20 bits per heavy atom. The summed E-state index contributed by atoms with van der Waals surface area (Å²) in [6.07, 6.45) is 13.1. The van der Waals surface area contributed by atoms with E-state index >= 15 is 0 Å². The van der Waals surface area contributed by atoms with Crippen molar-refractivity contribution in [2.24, 2.45) is 17.8 Å². The fraction of sp³-hybridized carbons (Fsp3) is 0.556. The molecule has 1 saturated carbocycles. The molecular formula is C18H21N5OS. The van der Waals surface area contributed by atoms with E-state index in [0.717, 1.165) is 42.3 Å². The van der Waals surface area contributed by atoms with E-state index in [0.29, 0.717) is 11.8 Å². The number of nitrogens with one attached hydrogen (secondary N) is 1. The molecule has 3 aliphatic rings. The average Bonchev–Trinajstić information content (AvgIpc) is 3.42. The van der Waals surface area contributed by atoms with Crippen LogP contribution >= 0.6 is 11.3 Å². The van der Waals surface area contributed by atoms with E-state index in [1.54, 1.807) is 22.3 Å². The van der Waals surface area contributed by atoms with Crippen molar-refractivity contribution in [2.45, 2.75) is 38.5 Å². The summed E-state index contributed by atoms with van der Waals surface area (Å²) in [6, 6.07) is 0. The van der Waals surface area contributed by atoms with Gasteiger partial charge in [-0.1, -0.05) is 12.2 Å². The van der Waals surface area contributed by atoms with Gasteiger partial charge in [0.05, 0.1) is 5.56 Å². The van der Waals surface area contributed by atoms with E-state index < -0.39 is 0 Å². The monoisotopic (exact) mass is 355 g/mol. The van der Waals surface area contributed by atoms with Gasteiger partial charge in [-0.15, -0.1) is 16.4 Å². The van der Waals surface area contributed by atoms with E-state index in [9.17, 15) is 4.79 Å². The van der Waals surface area contributed by atoms with Gasteiger partial charge in [0.1, 0.15) is 11.3 Å². The van der Waals surface area contributed by atoms with E-state index in [-0.39, 0.29) is 5.91 Å². The van der Waals surface area contributed by atoms with Gasteiger partial charge in [-0.3, -0.25) is 4.79 Å². The number of carbonyl (C=O) groups is 1. The number of aromatic nitrogens is 4. The second-order valence-corrected chi connectivity index (χ2v) is 8.48. The smallest absolute Gasteiger partial charge is 0.254 e. The lowest BCUT2D eigenvalue weighted by Gasteiger charge is -2.19. The number of nitrogens with zero attached hydrogens (tertiary/aromatic N) is 4. The maximum atomic E-state index is 13.1. The van der Waals surface area contributed by atoms with Gasteiger partial charge in [0.25, 0.3) is 5.91 Å². The number of fused-ring (bicyclic) bond motifs is 3. The molecule has 1 amide bonds. The molecule has 1 fully saturated rings. The molecule has 0 aromatic carbocycles. The summed E-state index contributed by atoms with van der Waals surface area (Å²) in [7, 11) is 0. The van der Waals surface area contributed by atoms with Crippen molar-refractivity contribution in [1.29, 1.82) is 0 Å². The van der Waals surface area contributed by atoms with Gasteiger partial charge in [-0.25, -0.2) is 0 Å². The number of tetrazole rings is 1. The van der Waals surface area contributed by atoms with Crippen molar-refractivity contribution in [3.63, 3.8) is 0 Å². The second kappa shape index (κ2) is 6.05. The van der Waals surface area contributed by atoms with Crippen molar-refractivity contribution in [2.75, 3.05) is 6.54 Å². The maximum Gasteiger partial charge on any atom is 0.254 e. The van der Waals surface area contributed by atoms with Crippen LogP contribution in [0.1, 0.15) is 46.5 Å². The number of rotatable bonds is 4. The third kappa shape index (κ3) is 2.61. The Kier molecular flexibility index (Phi) is 3.69. The van der Waals surface area contributed by atoms with Crippen molar-refractivity contribution >= 4 is 17.2 Å². The highest BCUT2D eigenvalue weighted by atomic mass is 32.1. The zero-order chi connectivity index (χ0) is 16.8. The number of amides is 1. The fourth-order valence-corrected chi connectivity index (χ4v) is 5.95. The Morgan fingerprint density at radius 3 is 2.96 bits per heavy atom. The fourth-order valence-electron chi connectivity index (χ4n) is 4.64. The average molecular weight is 355 g/mol. The van der Waals surface area contributed by atoms with E-state index in [4.69, 9.17) is 0 Å². The van der Waals surface area contributed by atoms with E-state index in [2.05, 4.69) is 33.0 Å². The highest BCUT2D eigenvalue weighted by molar-refractivity contribution is 7.15. The quantitative estimate of drug-likeness (QED) is 0.856. The molecule has 0 unspecified atom stereocenters. The molecule has 2 bridgehead atoms. The second-order valence-electron chi connectivity index (χ2n) is 7.40. The maximum absolute atomic E-state index is 13.1. The predicted octanol–water partition coefficient (Wildman–Crippen LogP) is 2.54. The van der Waals surface area contributed by atoms with Gasteiger partial charge in [-0.2, -0.15) is 4.68 Å². The minimum absolute atomic E-state index is 0.0386. The Hall–Kier alpha value is -2.02. The lowest BCUT2D eigenvalue weighted by atomic mass is 9.93. The largest absolute Gasteiger partial charge is 0.352 e. The van der Waals surface area contributed by atoms with Crippen LogP contribution in [0.5, 0.6) is 0 Å². The molecule has 2 aromatic heterocycles. The Labute approximate surface area is 150 Å². The van der Waals surface area contributed by atoms with Crippen LogP contribution in [-0.2, 0) is 12.8 Å². The molecule has 130 valence electrons. The van der Waals surface area contributed by atoms with Crippen LogP contribution in [0, 0.1) is 17.8 Å². The third-order valence-electron chi connectivity index (χ3n) is 5.88. The number of carbonyl (C=O) groups excluding carboxylic acids is 1. The lowest BCUT2D eigenvalue weighted by molar-refractivity contribution is 0.0944. The van der Waals surface area contributed by atoms with Gasteiger partial charge in [-0.05, 0) is 72.3 Å². The molecule has 2 heterocycles. The zero-order valence-electron chi connectivity index (χ0n) is 14.0. The van der Waals surface area contributed by atoms with Gasteiger partial charge < -0.3 is 5.32 Å². The lowest BCUT2D eigenvalue weighted by Crippen LogP contribution is -2.32. The molecular weight excluding hydrogens is 334 g/mol. The summed E-state index contributed by atoms with van der Waals surface area (Å²) >= 11 is 1.67. The molecule has 3 atom stereocenters. The first-order valence-corrected chi connectivity index (χ1v) is 9.95. The standard InChI is InChI=1S/C18H21N5OS/c24-17(19-9-13-8-11-5-6-12(13)7-11)16-14-3-1-2-4-15(14)25-18(16)23-10-20-21-22-23/h5-6,10-13H,1-4,7-9H2,(H,19,24)/t11-,12-,13+/m0/s1. The van der Waals surface area contributed by atoms with Gasteiger partial charge in [0.15, 0.2) is 0 Å². The first-order chi connectivity index (χ1) is 12.3. The molecule has 5 rings (SSSR count). The van der Waals surface area contributed by atoms with Gasteiger partial charge in [0, 0.05) is 11.4 Å². The molecule has 7 heteroatoms. The van der Waals surface area contributed by atoms with Gasteiger partial charge >= 0.3 is 0 Å². The van der Waals surface area contributed by atoms with Crippen molar-refractivity contribution < 1.29 is 4.79 Å². The first-order valence-electron chi connectivity index (χ1n) is 9.14.